The minimum Gasteiger partial charge on any atom is -0.479 e. The number of nitrogens with zero attached hydrogens (tertiary/aromatic N) is 3. The first kappa shape index (κ1) is 10.8. The molecular weight excluding hydrogens is 210 g/mol. The molecule has 2 rings (SSSR count). The maximum Gasteiger partial charge on any atom is 0.334 e. The predicted octanol–water partition coefficient (Wildman–Crippen LogP) is 0.0748. The number of hydrogen-bond acceptors (Lipinski definition) is 5. The summed E-state index contributed by atoms with van der Waals surface area (Å²) in [5, 5.41) is 16.8. The summed E-state index contributed by atoms with van der Waals surface area (Å²) >= 11 is 0. The second-order valence-corrected chi connectivity index (χ2v) is 3.68. The fourth-order valence-electron chi connectivity index (χ4n) is 1.57. The van der Waals surface area contributed by atoms with Crippen molar-refractivity contribution < 1.29 is 14.6 Å². The van der Waals surface area contributed by atoms with Gasteiger partial charge in [0.15, 0.2) is 11.9 Å². The molecule has 1 aliphatic rings. The summed E-state index contributed by atoms with van der Waals surface area (Å²) < 4.78 is 5.13. The molecule has 6 heteroatoms. The number of aromatic nitrogens is 2. The number of anilines is 1. The Bertz CT molecular complexity index is 379. The topological polar surface area (TPSA) is 75.5 Å². The lowest BCUT2D eigenvalue weighted by Crippen LogP contribution is -2.46. The van der Waals surface area contributed by atoms with Crippen LogP contribution in [0.5, 0.6) is 0 Å². The molecule has 2 heterocycles. The van der Waals surface area contributed by atoms with Crippen molar-refractivity contribution in [3.63, 3.8) is 0 Å². The first-order chi connectivity index (χ1) is 7.66. The van der Waals surface area contributed by atoms with E-state index in [9.17, 15) is 4.79 Å². The first-order valence-corrected chi connectivity index (χ1v) is 5.06. The monoisotopic (exact) mass is 223 g/mol. The van der Waals surface area contributed by atoms with Crippen molar-refractivity contribution in [2.24, 2.45) is 0 Å². The van der Waals surface area contributed by atoms with E-state index in [1.54, 1.807) is 0 Å². The number of carbonyl (C=O) groups is 1. The zero-order chi connectivity index (χ0) is 11.5. The van der Waals surface area contributed by atoms with E-state index in [2.05, 4.69) is 10.2 Å². The molecule has 0 aromatic carbocycles. The summed E-state index contributed by atoms with van der Waals surface area (Å²) in [6.07, 6.45) is -0.781. The van der Waals surface area contributed by atoms with Crippen LogP contribution in [0.1, 0.15) is 5.69 Å². The molecule has 0 aliphatic carbocycles. The molecule has 1 aliphatic heterocycles. The van der Waals surface area contributed by atoms with Crippen molar-refractivity contribution in [2.45, 2.75) is 13.0 Å². The van der Waals surface area contributed by atoms with Crippen LogP contribution in [-0.2, 0) is 9.53 Å². The number of aryl methyl sites for hydroxylation is 1. The lowest BCUT2D eigenvalue weighted by Gasteiger charge is -2.31. The van der Waals surface area contributed by atoms with Gasteiger partial charge in [0.2, 0.25) is 0 Å². The van der Waals surface area contributed by atoms with Gasteiger partial charge >= 0.3 is 5.97 Å². The normalized spacial score (nSPS) is 20.8. The van der Waals surface area contributed by atoms with Crippen LogP contribution < -0.4 is 4.90 Å². The molecule has 1 saturated heterocycles. The van der Waals surface area contributed by atoms with Crippen LogP contribution in [0.15, 0.2) is 12.1 Å². The van der Waals surface area contributed by atoms with Gasteiger partial charge in [0.1, 0.15) is 0 Å². The zero-order valence-corrected chi connectivity index (χ0v) is 8.96. The van der Waals surface area contributed by atoms with E-state index in [-0.39, 0.29) is 0 Å². The highest BCUT2D eigenvalue weighted by molar-refractivity contribution is 5.73. The van der Waals surface area contributed by atoms with Crippen molar-refractivity contribution >= 4 is 11.8 Å². The molecule has 0 saturated carbocycles. The van der Waals surface area contributed by atoms with Crippen molar-refractivity contribution in [1.82, 2.24) is 10.2 Å². The number of carboxylic acid groups (broad SMARTS) is 1. The number of ether oxygens (including phenoxy) is 1. The second-order valence-electron chi connectivity index (χ2n) is 3.68. The number of aliphatic carboxylic acids is 1. The third kappa shape index (κ3) is 2.27. The highest BCUT2D eigenvalue weighted by Gasteiger charge is 2.26. The molecule has 1 aromatic rings. The minimum atomic E-state index is -0.940. The van der Waals surface area contributed by atoms with Crippen molar-refractivity contribution in [3.8, 4) is 0 Å². The highest BCUT2D eigenvalue weighted by Crippen LogP contribution is 2.14. The average Bonchev–Trinajstić information content (AvgIpc) is 2.30. The van der Waals surface area contributed by atoms with Gasteiger partial charge < -0.3 is 14.7 Å². The van der Waals surface area contributed by atoms with E-state index in [4.69, 9.17) is 9.84 Å². The maximum atomic E-state index is 10.8. The smallest absolute Gasteiger partial charge is 0.334 e. The number of carboxylic acids is 1. The lowest BCUT2D eigenvalue weighted by atomic mass is 10.2. The fraction of sp³-hybridized carbons (Fsp3) is 0.500. The van der Waals surface area contributed by atoms with Crippen LogP contribution in [0.2, 0.25) is 0 Å². The van der Waals surface area contributed by atoms with Gasteiger partial charge in [-0.3, -0.25) is 0 Å². The number of rotatable bonds is 2. The van der Waals surface area contributed by atoms with E-state index >= 15 is 0 Å². The summed E-state index contributed by atoms with van der Waals surface area (Å²) in [7, 11) is 0. The number of morpholine rings is 1. The second kappa shape index (κ2) is 4.44. The Labute approximate surface area is 92.9 Å². The summed E-state index contributed by atoms with van der Waals surface area (Å²) in [5.41, 5.74) is 0.840. The molecule has 1 N–H and O–H groups in total. The van der Waals surface area contributed by atoms with Crippen LogP contribution in [0.25, 0.3) is 0 Å². The van der Waals surface area contributed by atoms with Gasteiger partial charge in [-0.15, -0.1) is 5.10 Å². The van der Waals surface area contributed by atoms with Gasteiger partial charge in [-0.05, 0) is 19.1 Å². The molecule has 0 radical (unpaired) electrons. The molecular formula is C10H13N3O3. The molecule has 0 amide bonds. The first-order valence-electron chi connectivity index (χ1n) is 5.06. The van der Waals surface area contributed by atoms with Gasteiger partial charge in [-0.25, -0.2) is 4.79 Å². The fourth-order valence-corrected chi connectivity index (χ4v) is 1.57. The molecule has 0 bridgehead atoms. The van der Waals surface area contributed by atoms with Gasteiger partial charge in [-0.2, -0.15) is 5.10 Å². The Morgan fingerprint density at radius 3 is 3.00 bits per heavy atom. The Balaban J connectivity index is 2.09. The van der Waals surface area contributed by atoms with E-state index in [0.29, 0.717) is 25.5 Å². The minimum absolute atomic E-state index is 0.313. The van der Waals surface area contributed by atoms with Crippen molar-refractivity contribution in [1.29, 1.82) is 0 Å². The highest BCUT2D eigenvalue weighted by atomic mass is 16.5. The van der Waals surface area contributed by atoms with Crippen LogP contribution >= 0.6 is 0 Å². The summed E-state index contributed by atoms with van der Waals surface area (Å²) in [6, 6.07) is 3.69. The van der Waals surface area contributed by atoms with Gasteiger partial charge in [0, 0.05) is 6.54 Å². The number of hydrogen-bond donors (Lipinski definition) is 1. The summed E-state index contributed by atoms with van der Waals surface area (Å²) in [6.45, 7) is 3.21. The van der Waals surface area contributed by atoms with E-state index in [0.717, 1.165) is 5.69 Å². The van der Waals surface area contributed by atoms with Crippen LogP contribution in [0.4, 0.5) is 5.82 Å². The molecule has 1 unspecified atom stereocenters. The Hall–Kier alpha value is -1.69. The quantitative estimate of drug-likeness (QED) is 0.765. The molecule has 0 spiro atoms. The zero-order valence-electron chi connectivity index (χ0n) is 8.96. The molecule has 6 nitrogen and oxygen atoms in total. The van der Waals surface area contributed by atoms with Crippen LogP contribution in [0.3, 0.4) is 0 Å². The molecule has 1 fully saturated rings. The van der Waals surface area contributed by atoms with Gasteiger partial charge in [-0.1, -0.05) is 0 Å². The summed E-state index contributed by atoms with van der Waals surface area (Å²) in [5.74, 6) is -0.245. The SMILES string of the molecule is Cc1ccc(N2CCOC(C(=O)O)C2)nn1. The third-order valence-corrected chi connectivity index (χ3v) is 2.45. The predicted molar refractivity (Wildman–Crippen MR) is 56.4 cm³/mol. The Morgan fingerprint density at radius 1 is 1.56 bits per heavy atom. The van der Waals surface area contributed by atoms with Crippen LogP contribution in [0, 0.1) is 6.92 Å². The van der Waals surface area contributed by atoms with E-state index in [1.807, 2.05) is 24.0 Å². The standard InChI is InChI=1S/C10H13N3O3/c1-7-2-3-9(12-11-7)13-4-5-16-8(6-13)10(14)15/h2-3,8H,4-6H2,1H3,(H,14,15). The maximum absolute atomic E-state index is 10.8. The van der Waals surface area contributed by atoms with Gasteiger partial charge in [0.05, 0.1) is 18.8 Å². The van der Waals surface area contributed by atoms with Crippen molar-refractivity contribution in [2.75, 3.05) is 24.6 Å². The third-order valence-electron chi connectivity index (χ3n) is 2.45. The Kier molecular flexibility index (Phi) is 3.00. The van der Waals surface area contributed by atoms with Crippen molar-refractivity contribution in [3.05, 3.63) is 17.8 Å². The molecule has 1 aromatic heterocycles. The van der Waals surface area contributed by atoms with Gasteiger partial charge in [0.25, 0.3) is 0 Å². The van der Waals surface area contributed by atoms with E-state index < -0.39 is 12.1 Å². The molecule has 1 atom stereocenters. The lowest BCUT2D eigenvalue weighted by molar-refractivity contribution is -0.150. The van der Waals surface area contributed by atoms with E-state index in [1.165, 1.54) is 0 Å². The molecule has 86 valence electrons. The molecule has 16 heavy (non-hydrogen) atoms. The average molecular weight is 223 g/mol. The summed E-state index contributed by atoms with van der Waals surface area (Å²) in [4.78, 5) is 12.7. The van der Waals surface area contributed by atoms with Crippen LogP contribution in [-0.4, -0.2) is 47.1 Å². The Morgan fingerprint density at radius 2 is 2.38 bits per heavy atom. The largest absolute Gasteiger partial charge is 0.479 e.